The van der Waals surface area contributed by atoms with Crippen LogP contribution in [0.5, 0.6) is 0 Å². The SMILES string of the molecule is O=C(N[C@H](CO)c1ccccn1)c1ccc2c(c1)c1csnc1n2-c1ccc(C(F)(F)F)cc1. The van der Waals surface area contributed by atoms with Crippen LogP contribution in [0.3, 0.4) is 0 Å². The molecule has 0 unspecified atom stereocenters. The first-order valence-corrected chi connectivity index (χ1v) is 11.1. The summed E-state index contributed by atoms with van der Waals surface area (Å²) in [6.07, 6.45) is -2.84. The van der Waals surface area contributed by atoms with Crippen molar-refractivity contribution >= 4 is 39.4 Å². The van der Waals surface area contributed by atoms with Crippen molar-refractivity contribution in [3.05, 3.63) is 89.1 Å². The van der Waals surface area contributed by atoms with E-state index in [2.05, 4.69) is 14.7 Å². The van der Waals surface area contributed by atoms with Gasteiger partial charge in [-0.25, -0.2) is 0 Å². The normalized spacial score (nSPS) is 12.8. The number of hydrogen-bond acceptors (Lipinski definition) is 5. The van der Waals surface area contributed by atoms with Gasteiger partial charge in [-0.15, -0.1) is 0 Å². The van der Waals surface area contributed by atoms with Gasteiger partial charge in [0.25, 0.3) is 5.91 Å². The fraction of sp³-hybridized carbons (Fsp3) is 0.125. The van der Waals surface area contributed by atoms with E-state index in [0.29, 0.717) is 28.1 Å². The molecule has 0 aliphatic carbocycles. The molecule has 34 heavy (non-hydrogen) atoms. The highest BCUT2D eigenvalue weighted by Crippen LogP contribution is 2.35. The van der Waals surface area contributed by atoms with Crippen molar-refractivity contribution in [3.8, 4) is 5.69 Å². The van der Waals surface area contributed by atoms with Crippen LogP contribution in [-0.2, 0) is 6.18 Å². The van der Waals surface area contributed by atoms with Gasteiger partial charge < -0.3 is 10.4 Å². The van der Waals surface area contributed by atoms with Crippen molar-refractivity contribution in [1.29, 1.82) is 0 Å². The highest BCUT2D eigenvalue weighted by molar-refractivity contribution is 7.05. The van der Waals surface area contributed by atoms with Gasteiger partial charge in [-0.2, -0.15) is 17.5 Å². The first kappa shape index (κ1) is 22.1. The Bertz CT molecular complexity index is 1480. The third-order valence-corrected chi connectivity index (χ3v) is 6.16. The molecule has 0 radical (unpaired) electrons. The lowest BCUT2D eigenvalue weighted by Crippen LogP contribution is -2.31. The van der Waals surface area contributed by atoms with Gasteiger partial charge in [-0.3, -0.25) is 14.3 Å². The summed E-state index contributed by atoms with van der Waals surface area (Å²) >= 11 is 1.22. The standard InChI is InChI=1S/C24H17F3N4O2S/c25-24(26,27)15-5-7-16(8-6-15)31-21-9-4-14(11-17(21)18-13-34-30-22(18)31)23(33)29-20(12-32)19-3-1-2-10-28-19/h1-11,13,20,32H,12H2,(H,29,33)/t20-/m1/s1. The molecule has 0 aliphatic heterocycles. The fourth-order valence-electron chi connectivity index (χ4n) is 3.88. The predicted molar refractivity (Wildman–Crippen MR) is 123 cm³/mol. The Hall–Kier alpha value is -3.76. The molecule has 0 saturated carbocycles. The second-order valence-electron chi connectivity index (χ2n) is 7.63. The molecule has 3 heterocycles. The van der Waals surface area contributed by atoms with Crippen molar-refractivity contribution in [2.24, 2.45) is 0 Å². The number of aromatic nitrogens is 3. The number of aliphatic hydroxyl groups excluding tert-OH is 1. The summed E-state index contributed by atoms with van der Waals surface area (Å²) in [5, 5.41) is 15.9. The number of carbonyl (C=O) groups is 1. The van der Waals surface area contributed by atoms with Crippen molar-refractivity contribution in [2.45, 2.75) is 12.2 Å². The van der Waals surface area contributed by atoms with E-state index in [-0.39, 0.29) is 12.5 Å². The molecule has 1 atom stereocenters. The molecule has 0 aliphatic rings. The van der Waals surface area contributed by atoms with Crippen LogP contribution in [0, 0.1) is 0 Å². The maximum absolute atomic E-state index is 13.0. The number of pyridine rings is 1. The maximum Gasteiger partial charge on any atom is 0.416 e. The number of aliphatic hydroxyl groups is 1. The van der Waals surface area contributed by atoms with Crippen molar-refractivity contribution in [1.82, 2.24) is 19.2 Å². The minimum absolute atomic E-state index is 0.312. The molecule has 10 heteroatoms. The number of rotatable bonds is 5. The number of hydrogen-bond donors (Lipinski definition) is 2. The van der Waals surface area contributed by atoms with Crippen molar-refractivity contribution in [2.75, 3.05) is 6.61 Å². The molecule has 0 saturated heterocycles. The van der Waals surface area contributed by atoms with Crippen LogP contribution in [0.15, 0.2) is 72.2 Å². The van der Waals surface area contributed by atoms with Gasteiger partial charge in [0.2, 0.25) is 0 Å². The molecule has 5 rings (SSSR count). The van der Waals surface area contributed by atoms with E-state index in [9.17, 15) is 23.1 Å². The predicted octanol–water partition coefficient (Wildman–Crippen LogP) is 5.12. The zero-order valence-electron chi connectivity index (χ0n) is 17.5. The number of nitrogens with one attached hydrogen (secondary N) is 1. The third-order valence-electron chi connectivity index (χ3n) is 5.54. The number of nitrogens with zero attached hydrogens (tertiary/aromatic N) is 3. The highest BCUT2D eigenvalue weighted by atomic mass is 32.1. The molecule has 3 aromatic heterocycles. The number of alkyl halides is 3. The molecule has 5 aromatic rings. The van der Waals surface area contributed by atoms with Crippen LogP contribution in [0.1, 0.15) is 27.7 Å². The molecule has 2 N–H and O–H groups in total. The van der Waals surface area contributed by atoms with Gasteiger partial charge >= 0.3 is 6.18 Å². The Morgan fingerprint density at radius 3 is 2.56 bits per heavy atom. The minimum Gasteiger partial charge on any atom is -0.394 e. The molecular formula is C24H17F3N4O2S. The van der Waals surface area contributed by atoms with Gasteiger partial charge in [-0.1, -0.05) is 6.07 Å². The van der Waals surface area contributed by atoms with E-state index >= 15 is 0 Å². The average molecular weight is 482 g/mol. The van der Waals surface area contributed by atoms with Crippen LogP contribution >= 0.6 is 11.5 Å². The van der Waals surface area contributed by atoms with Crippen molar-refractivity contribution in [3.63, 3.8) is 0 Å². The number of amides is 1. The molecule has 6 nitrogen and oxygen atoms in total. The van der Waals surface area contributed by atoms with Gasteiger partial charge in [0.1, 0.15) is 0 Å². The quantitative estimate of drug-likeness (QED) is 0.365. The largest absolute Gasteiger partial charge is 0.416 e. The monoisotopic (exact) mass is 482 g/mol. The summed E-state index contributed by atoms with van der Waals surface area (Å²) in [6.45, 7) is -0.312. The lowest BCUT2D eigenvalue weighted by atomic mass is 10.1. The Labute approximate surface area is 195 Å². The molecule has 0 fully saturated rings. The Kier molecular flexibility index (Phi) is 5.54. The average Bonchev–Trinajstić information content (AvgIpc) is 3.43. The molecule has 2 aromatic carbocycles. The Morgan fingerprint density at radius 2 is 1.88 bits per heavy atom. The van der Waals surface area contributed by atoms with Crippen molar-refractivity contribution < 1.29 is 23.1 Å². The van der Waals surface area contributed by atoms with E-state index < -0.39 is 17.8 Å². The lowest BCUT2D eigenvalue weighted by molar-refractivity contribution is -0.137. The lowest BCUT2D eigenvalue weighted by Gasteiger charge is -2.16. The number of carbonyl (C=O) groups excluding carboxylic acids is 1. The summed E-state index contributed by atoms with van der Waals surface area (Å²) < 4.78 is 45.2. The van der Waals surface area contributed by atoms with E-state index in [1.165, 1.54) is 23.7 Å². The van der Waals surface area contributed by atoms with Crippen LogP contribution < -0.4 is 5.32 Å². The van der Waals surface area contributed by atoms with E-state index in [0.717, 1.165) is 22.9 Å². The van der Waals surface area contributed by atoms with Gasteiger partial charge in [0.05, 0.1) is 29.4 Å². The molecule has 1 amide bonds. The Balaban J connectivity index is 1.53. The summed E-state index contributed by atoms with van der Waals surface area (Å²) in [7, 11) is 0. The second-order valence-corrected chi connectivity index (χ2v) is 8.26. The number of halogens is 3. The van der Waals surface area contributed by atoms with Crippen LogP contribution in [-0.4, -0.2) is 31.5 Å². The molecule has 0 spiro atoms. The fourth-order valence-corrected chi connectivity index (χ4v) is 4.55. The topological polar surface area (TPSA) is 80.0 Å². The van der Waals surface area contributed by atoms with E-state index in [1.807, 2.05) is 5.38 Å². The number of benzene rings is 2. The van der Waals surface area contributed by atoms with E-state index in [4.69, 9.17) is 0 Å². The third kappa shape index (κ3) is 3.91. The van der Waals surface area contributed by atoms with Crippen LogP contribution in [0.4, 0.5) is 13.2 Å². The minimum atomic E-state index is -4.42. The van der Waals surface area contributed by atoms with Crippen LogP contribution in [0.25, 0.3) is 27.6 Å². The second kappa shape index (κ2) is 8.54. The summed E-state index contributed by atoms with van der Waals surface area (Å²) in [6, 6.07) is 14.5. The van der Waals surface area contributed by atoms with E-state index in [1.54, 1.807) is 47.2 Å². The zero-order valence-corrected chi connectivity index (χ0v) is 18.3. The van der Waals surface area contributed by atoms with Gasteiger partial charge in [-0.05, 0) is 66.1 Å². The Morgan fingerprint density at radius 1 is 1.09 bits per heavy atom. The molecule has 172 valence electrons. The highest BCUT2D eigenvalue weighted by Gasteiger charge is 2.30. The maximum atomic E-state index is 13.0. The first-order chi connectivity index (χ1) is 16.4. The smallest absolute Gasteiger partial charge is 0.394 e. The summed E-state index contributed by atoms with van der Waals surface area (Å²) in [4.78, 5) is 17.1. The van der Waals surface area contributed by atoms with Gasteiger partial charge in [0, 0.05) is 33.6 Å². The van der Waals surface area contributed by atoms with Crippen LogP contribution in [0.2, 0.25) is 0 Å². The van der Waals surface area contributed by atoms with Gasteiger partial charge in [0.15, 0.2) is 5.65 Å². The summed E-state index contributed by atoms with van der Waals surface area (Å²) in [5.74, 6) is -0.384. The zero-order chi connectivity index (χ0) is 23.9. The molecular weight excluding hydrogens is 465 g/mol. The molecule has 0 bridgehead atoms. The summed E-state index contributed by atoms with van der Waals surface area (Å²) in [5.41, 5.74) is 2.03. The first-order valence-electron chi connectivity index (χ1n) is 10.3. The number of fused-ring (bicyclic) bond motifs is 3.